The number of aliphatic hydroxyl groups is 1. The van der Waals surface area contributed by atoms with Crippen molar-refractivity contribution in [3.05, 3.63) is 47.8 Å². The molecule has 0 unspecified atom stereocenters. The van der Waals surface area contributed by atoms with E-state index < -0.39 is 5.97 Å². The summed E-state index contributed by atoms with van der Waals surface area (Å²) in [6, 6.07) is 6.99. The molecule has 0 spiro atoms. The van der Waals surface area contributed by atoms with Crippen molar-refractivity contribution in [2.75, 3.05) is 11.5 Å². The van der Waals surface area contributed by atoms with E-state index in [2.05, 4.69) is 37.7 Å². The van der Waals surface area contributed by atoms with Gasteiger partial charge >= 0.3 is 5.97 Å². The Hall–Kier alpha value is -1.57. The van der Waals surface area contributed by atoms with Gasteiger partial charge in [-0.3, -0.25) is 0 Å². The van der Waals surface area contributed by atoms with Crippen LogP contribution in [0.5, 0.6) is 0 Å². The predicted molar refractivity (Wildman–Crippen MR) is 112 cm³/mol. The zero-order valence-electron chi connectivity index (χ0n) is 16.3. The Kier molecular flexibility index (Phi) is 11.1. The molecule has 0 amide bonds. The maximum atomic E-state index is 10.8. The Morgan fingerprint density at radius 3 is 2.00 bits per heavy atom. The Morgan fingerprint density at radius 1 is 0.963 bits per heavy atom. The third-order valence-electron chi connectivity index (χ3n) is 3.13. The van der Waals surface area contributed by atoms with Crippen LogP contribution in [0.1, 0.15) is 43.6 Å². The molecule has 148 valence electrons. The van der Waals surface area contributed by atoms with Gasteiger partial charge in [-0.05, 0) is 30.0 Å². The number of carboxylic acid groups (broad SMARTS) is 1. The van der Waals surface area contributed by atoms with Gasteiger partial charge < -0.3 is 10.2 Å². The number of aromatic nitrogens is 2. The lowest BCUT2D eigenvalue weighted by atomic mass is 10.3. The number of carboxylic acids is 1. The molecular weight excluding hydrogens is 380 g/mol. The molecule has 2 aromatic heterocycles. The van der Waals surface area contributed by atoms with Crippen molar-refractivity contribution in [2.24, 2.45) is 11.8 Å². The first kappa shape index (κ1) is 23.5. The molecule has 5 nitrogen and oxygen atoms in total. The molecule has 0 bridgehead atoms. The molecule has 0 atom stereocenters. The van der Waals surface area contributed by atoms with Gasteiger partial charge in [-0.15, -0.1) is 23.5 Å². The summed E-state index contributed by atoms with van der Waals surface area (Å²) in [5.41, 5.74) is 1.21. The lowest BCUT2D eigenvalue weighted by Crippen LogP contribution is -2.01. The van der Waals surface area contributed by atoms with Crippen LogP contribution in [0.25, 0.3) is 0 Å². The molecule has 0 aliphatic rings. The number of carbonyl (C=O) groups is 1. The molecule has 0 saturated heterocycles. The molecule has 27 heavy (non-hydrogen) atoms. The van der Waals surface area contributed by atoms with Crippen LogP contribution in [-0.4, -0.2) is 37.7 Å². The van der Waals surface area contributed by atoms with Crippen molar-refractivity contribution in [3.8, 4) is 0 Å². The number of hydrogen-bond acceptors (Lipinski definition) is 6. The summed E-state index contributed by atoms with van der Waals surface area (Å²) in [6.45, 7) is 8.62. The van der Waals surface area contributed by atoms with Gasteiger partial charge in [-0.2, -0.15) is 0 Å². The predicted octanol–water partition coefficient (Wildman–Crippen LogP) is 4.85. The highest BCUT2D eigenvalue weighted by Gasteiger charge is 2.11. The molecule has 2 rings (SSSR count). The van der Waals surface area contributed by atoms with Gasteiger partial charge in [0.1, 0.15) is 10.1 Å². The molecule has 2 heterocycles. The first-order valence-corrected chi connectivity index (χ1v) is 10.8. The van der Waals surface area contributed by atoms with Crippen LogP contribution in [0.2, 0.25) is 0 Å². The maximum Gasteiger partial charge on any atom is 0.338 e. The summed E-state index contributed by atoms with van der Waals surface area (Å²) in [4.78, 5) is 19.1. The number of aliphatic hydroxyl groups excluding tert-OH is 1. The van der Waals surface area contributed by atoms with E-state index in [-0.39, 0.29) is 12.2 Å². The second-order valence-electron chi connectivity index (χ2n) is 6.70. The molecule has 0 aliphatic carbocycles. The van der Waals surface area contributed by atoms with Gasteiger partial charge in [0.25, 0.3) is 0 Å². The summed E-state index contributed by atoms with van der Waals surface area (Å²) in [5.74, 6) is 2.20. The molecule has 0 radical (unpaired) electrons. The van der Waals surface area contributed by atoms with Gasteiger partial charge in [-0.1, -0.05) is 33.8 Å². The lowest BCUT2D eigenvalue weighted by molar-refractivity contribution is 0.0692. The third-order valence-corrected chi connectivity index (χ3v) is 6.04. The number of pyridine rings is 2. The van der Waals surface area contributed by atoms with E-state index >= 15 is 0 Å². The maximum absolute atomic E-state index is 10.8. The Balaban J connectivity index is 0.000000271. The smallest absolute Gasteiger partial charge is 0.338 e. The number of rotatable bonds is 8. The van der Waals surface area contributed by atoms with Crippen molar-refractivity contribution in [3.63, 3.8) is 0 Å². The van der Waals surface area contributed by atoms with Crippen LogP contribution in [0.3, 0.4) is 0 Å². The molecule has 0 fully saturated rings. The number of nitrogens with zero attached hydrogens (tertiary/aromatic N) is 2. The minimum absolute atomic E-state index is 0.0776. The fourth-order valence-electron chi connectivity index (χ4n) is 1.83. The van der Waals surface area contributed by atoms with E-state index in [0.29, 0.717) is 16.9 Å². The van der Waals surface area contributed by atoms with Crippen LogP contribution in [-0.2, 0) is 6.61 Å². The Labute approximate surface area is 170 Å². The molecule has 0 saturated carbocycles. The first-order chi connectivity index (χ1) is 12.8. The van der Waals surface area contributed by atoms with Crippen LogP contribution in [0.15, 0.2) is 46.7 Å². The number of thioether (sulfide) groups is 2. The van der Waals surface area contributed by atoms with Crippen LogP contribution >= 0.6 is 23.5 Å². The van der Waals surface area contributed by atoms with Crippen LogP contribution < -0.4 is 0 Å². The third kappa shape index (κ3) is 9.26. The second-order valence-corrected chi connectivity index (χ2v) is 8.71. The largest absolute Gasteiger partial charge is 0.478 e. The van der Waals surface area contributed by atoms with Crippen LogP contribution in [0, 0.1) is 11.8 Å². The van der Waals surface area contributed by atoms with Gasteiger partial charge in [0.2, 0.25) is 0 Å². The molecule has 2 N–H and O–H groups in total. The summed E-state index contributed by atoms with van der Waals surface area (Å²) < 4.78 is 0. The molecule has 0 aromatic carbocycles. The Bertz CT molecular complexity index is 709. The van der Waals surface area contributed by atoms with E-state index in [1.165, 1.54) is 11.8 Å². The normalized spacial score (nSPS) is 10.6. The van der Waals surface area contributed by atoms with E-state index in [9.17, 15) is 4.79 Å². The monoisotopic (exact) mass is 408 g/mol. The van der Waals surface area contributed by atoms with Crippen molar-refractivity contribution in [2.45, 2.75) is 44.4 Å². The topological polar surface area (TPSA) is 83.3 Å². The summed E-state index contributed by atoms with van der Waals surface area (Å²) in [7, 11) is 0. The highest BCUT2D eigenvalue weighted by Crippen LogP contribution is 2.22. The van der Waals surface area contributed by atoms with Gasteiger partial charge in [-0.25, -0.2) is 14.8 Å². The van der Waals surface area contributed by atoms with E-state index in [0.717, 1.165) is 22.1 Å². The molecule has 7 heteroatoms. The zero-order valence-corrected chi connectivity index (χ0v) is 17.9. The van der Waals surface area contributed by atoms with Gasteiger partial charge in [0.15, 0.2) is 0 Å². The second kappa shape index (κ2) is 12.8. The standard InChI is InChI=1S/C10H13NO2S.C10H15NOS/c1-7(2)6-14-9-8(10(12)13)4-3-5-11-9;1-8(2)7-13-10-9(6-12)4-3-5-11-10/h3-5,7H,6H2,1-2H3,(H,12,13);3-5,8,12H,6-7H2,1-2H3. The van der Waals surface area contributed by atoms with Gasteiger partial charge in [0.05, 0.1) is 12.2 Å². The summed E-state index contributed by atoms with van der Waals surface area (Å²) in [5, 5.41) is 19.5. The fourth-order valence-corrected chi connectivity index (χ4v) is 3.72. The molecule has 2 aromatic rings. The Morgan fingerprint density at radius 2 is 1.48 bits per heavy atom. The van der Waals surface area contributed by atoms with Crippen molar-refractivity contribution >= 4 is 29.5 Å². The molecule has 0 aliphatic heterocycles. The minimum Gasteiger partial charge on any atom is -0.478 e. The highest BCUT2D eigenvalue weighted by molar-refractivity contribution is 7.99. The molecular formula is C20H28N2O3S2. The average Bonchev–Trinajstić information content (AvgIpc) is 2.65. The highest BCUT2D eigenvalue weighted by atomic mass is 32.2. The lowest BCUT2D eigenvalue weighted by Gasteiger charge is -2.06. The van der Waals surface area contributed by atoms with Crippen molar-refractivity contribution in [1.29, 1.82) is 0 Å². The average molecular weight is 409 g/mol. The van der Waals surface area contributed by atoms with Crippen molar-refractivity contribution in [1.82, 2.24) is 9.97 Å². The summed E-state index contributed by atoms with van der Waals surface area (Å²) in [6.07, 6.45) is 3.39. The number of hydrogen-bond donors (Lipinski definition) is 2. The van der Waals surface area contributed by atoms with Gasteiger partial charge in [0, 0.05) is 29.5 Å². The fraction of sp³-hybridized carbons (Fsp3) is 0.450. The number of aromatic carboxylic acids is 1. The van der Waals surface area contributed by atoms with Crippen LogP contribution in [0.4, 0.5) is 0 Å². The SMILES string of the molecule is CC(C)CSc1ncccc1C(=O)O.CC(C)CSc1ncccc1CO. The van der Waals surface area contributed by atoms with E-state index in [1.807, 2.05) is 12.1 Å². The minimum atomic E-state index is -0.913. The van der Waals surface area contributed by atoms with Crippen molar-refractivity contribution < 1.29 is 15.0 Å². The quantitative estimate of drug-likeness (QED) is 0.604. The van der Waals surface area contributed by atoms with E-state index in [1.54, 1.807) is 36.3 Å². The van der Waals surface area contributed by atoms with E-state index in [4.69, 9.17) is 10.2 Å². The first-order valence-electron chi connectivity index (χ1n) is 8.83. The zero-order chi connectivity index (χ0) is 20.2. The summed E-state index contributed by atoms with van der Waals surface area (Å²) >= 11 is 3.20.